The summed E-state index contributed by atoms with van der Waals surface area (Å²) in [5.41, 5.74) is 6.53. The number of anilines is 1. The Bertz CT molecular complexity index is 1040. The van der Waals surface area contributed by atoms with E-state index in [0.29, 0.717) is 24.0 Å². The van der Waals surface area contributed by atoms with Crippen molar-refractivity contribution in [2.75, 3.05) is 12.3 Å². The van der Waals surface area contributed by atoms with Gasteiger partial charge in [0, 0.05) is 0 Å². The number of imidazole rings is 1. The number of hydrogen-bond donors (Lipinski definition) is 5. The van der Waals surface area contributed by atoms with Crippen LogP contribution in [0, 0.1) is 0 Å². The van der Waals surface area contributed by atoms with E-state index >= 15 is 0 Å². The number of rotatable bonds is 8. The smallest absolute Gasteiger partial charge is 0.382 e. The minimum Gasteiger partial charge on any atom is -0.382 e. The second-order valence-corrected chi connectivity index (χ2v) is 10.2. The van der Waals surface area contributed by atoms with Gasteiger partial charge in [-0.2, -0.15) is 8.62 Å². The Morgan fingerprint density at radius 1 is 1.10 bits per heavy atom. The molecule has 3 heterocycles. The van der Waals surface area contributed by atoms with E-state index < -0.39 is 42.4 Å². The summed E-state index contributed by atoms with van der Waals surface area (Å²) < 4.78 is 52.7. The Kier molecular flexibility index (Phi) is 6.26. The molecule has 2 aromatic heterocycles. The SMILES string of the molecule is Nc1ncnc2c1ncn2[C@H]1CC[C@H](COP(=O)(O)OP(=O)(O)OP(=O)(O)O)O1. The molecule has 2 unspecified atom stereocenters. The molecule has 6 N–H and O–H groups in total. The fourth-order valence-corrected chi connectivity index (χ4v) is 5.62. The molecule has 1 aliphatic rings. The Morgan fingerprint density at radius 3 is 2.52 bits per heavy atom. The van der Waals surface area contributed by atoms with E-state index in [0.717, 1.165) is 0 Å². The van der Waals surface area contributed by atoms with Crippen LogP contribution in [0.5, 0.6) is 0 Å². The molecule has 16 nitrogen and oxygen atoms in total. The van der Waals surface area contributed by atoms with Gasteiger partial charge in [0.1, 0.15) is 18.1 Å². The number of phosphoric ester groups is 1. The molecule has 0 bridgehead atoms. The van der Waals surface area contributed by atoms with Crippen LogP contribution >= 0.6 is 23.5 Å². The second kappa shape index (κ2) is 8.10. The van der Waals surface area contributed by atoms with Crippen molar-refractivity contribution < 1.29 is 51.2 Å². The third kappa shape index (κ3) is 5.87. The van der Waals surface area contributed by atoms with Crippen LogP contribution in [0.2, 0.25) is 0 Å². The summed E-state index contributed by atoms with van der Waals surface area (Å²) in [7, 11) is -16.2. The fourth-order valence-electron chi connectivity index (χ4n) is 2.58. The van der Waals surface area contributed by atoms with Crippen molar-refractivity contribution in [2.24, 2.45) is 0 Å². The predicted octanol–water partition coefficient (Wildman–Crippen LogP) is 0.429. The molecule has 0 saturated carbocycles. The fraction of sp³-hybridized carbons (Fsp3) is 0.500. The maximum absolute atomic E-state index is 11.7. The number of fused-ring (bicyclic) bond motifs is 1. The monoisotopic (exact) mass is 475 g/mol. The maximum atomic E-state index is 11.7. The summed E-state index contributed by atoms with van der Waals surface area (Å²) in [5, 5.41) is 0. The summed E-state index contributed by atoms with van der Waals surface area (Å²) in [5.74, 6) is 0.191. The average Bonchev–Trinajstić information content (AvgIpc) is 3.16. The van der Waals surface area contributed by atoms with Crippen LogP contribution in [-0.2, 0) is 31.6 Å². The van der Waals surface area contributed by atoms with Crippen molar-refractivity contribution >= 4 is 40.4 Å². The van der Waals surface area contributed by atoms with Gasteiger partial charge < -0.3 is 30.0 Å². The first kappa shape index (κ1) is 22.4. The normalized spacial score (nSPS) is 24.4. The molecular formula is C10H16N5O11P3. The van der Waals surface area contributed by atoms with E-state index in [1.165, 1.54) is 12.7 Å². The number of nitrogens with two attached hydrogens (primary N) is 1. The van der Waals surface area contributed by atoms with Gasteiger partial charge in [-0.25, -0.2) is 28.6 Å². The van der Waals surface area contributed by atoms with Gasteiger partial charge >= 0.3 is 23.5 Å². The van der Waals surface area contributed by atoms with Gasteiger partial charge in [-0.1, -0.05) is 0 Å². The Balaban J connectivity index is 1.58. The standard InChI is InChI=1S/C10H16N5O11P3/c11-9-8-10(13-4-12-9)15(5-14-8)7-2-1-6(24-7)3-23-28(19,20)26-29(21,22)25-27(16,17)18/h4-7H,1-3H2,(H,19,20)(H,21,22)(H2,11,12,13)(H2,16,17,18)/t6-,7-/m1/s1. The van der Waals surface area contributed by atoms with Crippen LogP contribution in [0.4, 0.5) is 5.82 Å². The number of ether oxygens (including phenoxy) is 1. The van der Waals surface area contributed by atoms with Gasteiger partial charge in [0.05, 0.1) is 19.0 Å². The topological polar surface area (TPSA) is 239 Å². The lowest BCUT2D eigenvalue weighted by Gasteiger charge is -2.18. The molecule has 29 heavy (non-hydrogen) atoms. The number of nitrogens with zero attached hydrogens (tertiary/aromatic N) is 4. The van der Waals surface area contributed by atoms with Crippen LogP contribution in [0.25, 0.3) is 11.2 Å². The number of nitrogen functional groups attached to an aromatic ring is 1. The Labute approximate surface area is 162 Å². The van der Waals surface area contributed by atoms with Crippen LogP contribution in [0.15, 0.2) is 12.7 Å². The zero-order valence-corrected chi connectivity index (χ0v) is 17.0. The molecule has 1 aliphatic heterocycles. The number of hydrogen-bond acceptors (Lipinski definition) is 11. The van der Waals surface area contributed by atoms with E-state index in [-0.39, 0.29) is 5.82 Å². The van der Waals surface area contributed by atoms with Crippen LogP contribution in [0.3, 0.4) is 0 Å². The molecule has 2 aromatic rings. The molecule has 3 rings (SSSR count). The highest BCUT2D eigenvalue weighted by atomic mass is 31.3. The first-order chi connectivity index (χ1) is 13.4. The van der Waals surface area contributed by atoms with Gasteiger partial charge in [0.2, 0.25) is 0 Å². The Hall–Kier alpha value is -1.28. The summed E-state index contributed by atoms with van der Waals surface area (Å²) in [6, 6.07) is 0. The molecule has 162 valence electrons. The average molecular weight is 475 g/mol. The molecular weight excluding hydrogens is 459 g/mol. The lowest BCUT2D eigenvalue weighted by atomic mass is 10.2. The molecule has 0 amide bonds. The zero-order valence-electron chi connectivity index (χ0n) is 14.3. The van der Waals surface area contributed by atoms with Gasteiger partial charge in [-0.05, 0) is 12.8 Å². The highest BCUT2D eigenvalue weighted by Crippen LogP contribution is 2.66. The number of aromatic nitrogens is 4. The highest BCUT2D eigenvalue weighted by Gasteiger charge is 2.41. The van der Waals surface area contributed by atoms with Crippen molar-refractivity contribution in [1.29, 1.82) is 0 Å². The molecule has 0 radical (unpaired) electrons. The third-order valence-electron chi connectivity index (χ3n) is 3.62. The van der Waals surface area contributed by atoms with E-state index in [2.05, 4.69) is 28.1 Å². The van der Waals surface area contributed by atoms with Gasteiger partial charge in [0.15, 0.2) is 11.5 Å². The summed E-state index contributed by atoms with van der Waals surface area (Å²) >= 11 is 0. The third-order valence-corrected chi connectivity index (χ3v) is 7.42. The van der Waals surface area contributed by atoms with E-state index in [1.807, 2.05) is 0 Å². The molecule has 4 atom stereocenters. The highest BCUT2D eigenvalue weighted by molar-refractivity contribution is 7.66. The van der Waals surface area contributed by atoms with Crippen LogP contribution in [0.1, 0.15) is 19.1 Å². The lowest BCUT2D eigenvalue weighted by Crippen LogP contribution is -2.16. The van der Waals surface area contributed by atoms with Crippen molar-refractivity contribution in [3.63, 3.8) is 0 Å². The minimum absolute atomic E-state index is 0.191. The van der Waals surface area contributed by atoms with Crippen molar-refractivity contribution in [2.45, 2.75) is 25.2 Å². The minimum atomic E-state index is -5.56. The van der Waals surface area contributed by atoms with Crippen molar-refractivity contribution in [3.05, 3.63) is 12.7 Å². The summed E-state index contributed by atoms with van der Waals surface area (Å²) in [6.45, 7) is -0.524. The van der Waals surface area contributed by atoms with Gasteiger partial charge in [-0.3, -0.25) is 9.09 Å². The summed E-state index contributed by atoms with van der Waals surface area (Å²) in [4.78, 5) is 47.6. The van der Waals surface area contributed by atoms with Crippen molar-refractivity contribution in [1.82, 2.24) is 19.5 Å². The first-order valence-corrected chi connectivity index (χ1v) is 12.2. The van der Waals surface area contributed by atoms with E-state index in [9.17, 15) is 18.6 Å². The van der Waals surface area contributed by atoms with Crippen LogP contribution < -0.4 is 5.73 Å². The quantitative estimate of drug-likeness (QED) is 0.325. The molecule has 1 fully saturated rings. The zero-order chi connectivity index (χ0) is 21.4. The molecule has 1 saturated heterocycles. The van der Waals surface area contributed by atoms with Crippen molar-refractivity contribution in [3.8, 4) is 0 Å². The maximum Gasteiger partial charge on any atom is 0.490 e. The lowest BCUT2D eigenvalue weighted by molar-refractivity contribution is -0.0205. The van der Waals surface area contributed by atoms with E-state index in [4.69, 9.17) is 25.2 Å². The second-order valence-electron chi connectivity index (χ2n) is 5.76. The largest absolute Gasteiger partial charge is 0.490 e. The van der Waals surface area contributed by atoms with E-state index in [1.54, 1.807) is 4.57 Å². The molecule has 19 heteroatoms. The van der Waals surface area contributed by atoms with Gasteiger partial charge in [-0.15, -0.1) is 0 Å². The van der Waals surface area contributed by atoms with Crippen LogP contribution in [-0.4, -0.2) is 51.8 Å². The first-order valence-electron chi connectivity index (χ1n) is 7.72. The molecule has 0 aliphatic carbocycles. The molecule has 0 aromatic carbocycles. The molecule has 0 spiro atoms. The summed E-state index contributed by atoms with van der Waals surface area (Å²) in [6.07, 6.45) is 2.30. The Morgan fingerprint density at radius 2 is 1.83 bits per heavy atom. The van der Waals surface area contributed by atoms with Gasteiger partial charge in [0.25, 0.3) is 0 Å². The number of phosphoric acid groups is 3. The predicted molar refractivity (Wildman–Crippen MR) is 92.7 cm³/mol.